The molecule has 0 aliphatic rings. The van der Waals surface area contributed by atoms with Crippen molar-refractivity contribution in [1.82, 2.24) is 14.1 Å². The molecule has 11 aromatic carbocycles. The van der Waals surface area contributed by atoms with E-state index in [4.69, 9.17) is 4.98 Å². The van der Waals surface area contributed by atoms with E-state index < -0.39 is 0 Å². The second kappa shape index (κ2) is 15.3. The molecule has 0 saturated carbocycles. The highest BCUT2D eigenvalue weighted by Crippen LogP contribution is 2.41. The molecule has 3 heteroatoms. The van der Waals surface area contributed by atoms with Gasteiger partial charge in [0.05, 0.1) is 33.5 Å². The number of hydrogen-bond donors (Lipinski definition) is 0. The van der Waals surface area contributed by atoms with E-state index in [0.29, 0.717) is 0 Å². The Kier molecular flexibility index (Phi) is 8.59. The quantitative estimate of drug-likeness (QED) is 0.153. The molecule has 14 aromatic rings. The van der Waals surface area contributed by atoms with Gasteiger partial charge in [-0.15, -0.1) is 0 Å². The molecule has 0 fully saturated rings. The lowest BCUT2D eigenvalue weighted by atomic mass is 9.94. The first-order valence-electron chi connectivity index (χ1n) is 23.4. The van der Waals surface area contributed by atoms with Crippen LogP contribution >= 0.6 is 0 Å². The first-order chi connectivity index (χ1) is 33.7. The standard InChI is InChI=1S/C65H41N3/c1-3-15-43(16-4-1)60-38-47(39-61(66-60)44-17-5-2-6-18-44)42-27-31-48(32-28-42)67-63-26-14-12-24-56(63)59-37-45(30-36-64(59)67)46-29-34-57-55-23-11-13-25-62(55)68(65(57)40-46)49-33-35-54-52-21-8-7-19-50(52)51-20-9-10-22-53(51)58(54)41-49/h1-41H. The highest BCUT2D eigenvalue weighted by Gasteiger charge is 2.18. The normalized spacial score (nSPS) is 11.8. The molecule has 0 aliphatic heterocycles. The van der Waals surface area contributed by atoms with Crippen molar-refractivity contribution >= 4 is 75.9 Å². The van der Waals surface area contributed by atoms with Gasteiger partial charge in [0, 0.05) is 44.0 Å². The topological polar surface area (TPSA) is 22.8 Å². The second-order valence-corrected chi connectivity index (χ2v) is 17.9. The van der Waals surface area contributed by atoms with Crippen LogP contribution in [0.1, 0.15) is 0 Å². The van der Waals surface area contributed by atoms with Gasteiger partial charge in [-0.05, 0) is 121 Å². The van der Waals surface area contributed by atoms with Gasteiger partial charge in [-0.2, -0.15) is 0 Å². The van der Waals surface area contributed by atoms with Crippen LogP contribution in [-0.4, -0.2) is 14.1 Å². The molecular formula is C65H41N3. The fraction of sp³-hybridized carbons (Fsp3) is 0. The van der Waals surface area contributed by atoms with Crippen molar-refractivity contribution < 1.29 is 0 Å². The van der Waals surface area contributed by atoms with Crippen molar-refractivity contribution in [1.29, 1.82) is 0 Å². The monoisotopic (exact) mass is 863 g/mol. The molecule has 3 nitrogen and oxygen atoms in total. The maximum Gasteiger partial charge on any atom is 0.0715 e. The van der Waals surface area contributed by atoms with Crippen LogP contribution in [0.2, 0.25) is 0 Å². The molecule has 0 aliphatic carbocycles. The summed E-state index contributed by atoms with van der Waals surface area (Å²) in [5.41, 5.74) is 15.8. The van der Waals surface area contributed by atoms with Gasteiger partial charge in [-0.25, -0.2) is 4.98 Å². The van der Waals surface area contributed by atoms with Crippen molar-refractivity contribution in [3.05, 3.63) is 249 Å². The van der Waals surface area contributed by atoms with Crippen molar-refractivity contribution in [2.75, 3.05) is 0 Å². The molecule has 0 unspecified atom stereocenters. The van der Waals surface area contributed by atoms with E-state index in [2.05, 4.69) is 258 Å². The highest BCUT2D eigenvalue weighted by molar-refractivity contribution is 6.25. The molecule has 14 rings (SSSR count). The summed E-state index contributed by atoms with van der Waals surface area (Å²) in [5, 5.41) is 12.6. The van der Waals surface area contributed by atoms with E-state index in [9.17, 15) is 0 Å². The molecule has 0 N–H and O–H groups in total. The smallest absolute Gasteiger partial charge is 0.0715 e. The zero-order valence-electron chi connectivity index (χ0n) is 37.0. The first-order valence-corrected chi connectivity index (χ1v) is 23.4. The molecule has 0 radical (unpaired) electrons. The summed E-state index contributed by atoms with van der Waals surface area (Å²) in [6.07, 6.45) is 0. The number of hydrogen-bond acceptors (Lipinski definition) is 1. The van der Waals surface area contributed by atoms with E-state index in [-0.39, 0.29) is 0 Å². The molecule has 316 valence electrons. The van der Waals surface area contributed by atoms with Gasteiger partial charge in [0.15, 0.2) is 0 Å². The average molecular weight is 864 g/mol. The van der Waals surface area contributed by atoms with Crippen LogP contribution in [-0.2, 0) is 0 Å². The Morgan fingerprint density at radius 2 is 0.618 bits per heavy atom. The number of rotatable bonds is 6. The van der Waals surface area contributed by atoms with Gasteiger partial charge < -0.3 is 9.13 Å². The van der Waals surface area contributed by atoms with Gasteiger partial charge in [0.25, 0.3) is 0 Å². The Balaban J connectivity index is 0.885. The average Bonchev–Trinajstić information content (AvgIpc) is 3.93. The largest absolute Gasteiger partial charge is 0.309 e. The van der Waals surface area contributed by atoms with E-state index >= 15 is 0 Å². The number of pyridine rings is 1. The minimum Gasteiger partial charge on any atom is -0.309 e. The van der Waals surface area contributed by atoms with Crippen molar-refractivity contribution in [3.8, 4) is 56.1 Å². The van der Waals surface area contributed by atoms with E-state index in [1.54, 1.807) is 0 Å². The van der Waals surface area contributed by atoms with Crippen LogP contribution in [0.15, 0.2) is 249 Å². The van der Waals surface area contributed by atoms with E-state index in [1.807, 2.05) is 0 Å². The predicted molar refractivity (Wildman–Crippen MR) is 287 cm³/mol. The van der Waals surface area contributed by atoms with Crippen LogP contribution in [0, 0.1) is 0 Å². The van der Waals surface area contributed by atoms with Crippen LogP contribution in [0.4, 0.5) is 0 Å². The molecule has 0 atom stereocenters. The highest BCUT2D eigenvalue weighted by atomic mass is 15.0. The van der Waals surface area contributed by atoms with Gasteiger partial charge in [-0.1, -0.05) is 182 Å². The predicted octanol–water partition coefficient (Wildman–Crippen LogP) is 17.4. The van der Waals surface area contributed by atoms with Crippen molar-refractivity contribution in [2.45, 2.75) is 0 Å². The Bertz CT molecular complexity index is 4200. The Labute approximate surface area is 393 Å². The molecule has 3 heterocycles. The lowest BCUT2D eigenvalue weighted by Gasteiger charge is -2.14. The lowest BCUT2D eigenvalue weighted by molar-refractivity contribution is 1.18. The van der Waals surface area contributed by atoms with E-state index in [1.165, 1.54) is 87.1 Å². The summed E-state index contributed by atoms with van der Waals surface area (Å²) in [4.78, 5) is 5.12. The van der Waals surface area contributed by atoms with Crippen LogP contribution in [0.25, 0.3) is 132 Å². The van der Waals surface area contributed by atoms with Crippen LogP contribution in [0.5, 0.6) is 0 Å². The molecule has 0 amide bonds. The summed E-state index contributed by atoms with van der Waals surface area (Å²) in [5.74, 6) is 0. The molecular weight excluding hydrogens is 823 g/mol. The summed E-state index contributed by atoms with van der Waals surface area (Å²) in [6, 6.07) is 90.6. The molecule has 0 saturated heterocycles. The van der Waals surface area contributed by atoms with Gasteiger partial charge in [-0.3, -0.25) is 0 Å². The fourth-order valence-electron chi connectivity index (χ4n) is 10.9. The third-order valence-electron chi connectivity index (χ3n) is 14.1. The zero-order valence-corrected chi connectivity index (χ0v) is 37.0. The van der Waals surface area contributed by atoms with Crippen LogP contribution in [0.3, 0.4) is 0 Å². The molecule has 0 spiro atoms. The zero-order chi connectivity index (χ0) is 44.7. The minimum absolute atomic E-state index is 0.959. The summed E-state index contributed by atoms with van der Waals surface area (Å²) >= 11 is 0. The maximum atomic E-state index is 5.12. The SMILES string of the molecule is c1ccc(-c2cc(-c3ccc(-n4c5ccccc5c5cc(-c6ccc7c8ccccc8n(-c8ccc9c%10ccccc%10c%10ccccc%10c9c8)c7c6)ccc54)cc3)cc(-c3ccccc3)n2)cc1. The number of benzene rings is 11. The van der Waals surface area contributed by atoms with Gasteiger partial charge in [0.2, 0.25) is 0 Å². The Morgan fingerprint density at radius 3 is 1.24 bits per heavy atom. The molecule has 68 heavy (non-hydrogen) atoms. The third kappa shape index (κ3) is 6.03. The molecule has 3 aromatic heterocycles. The first kappa shape index (κ1) is 38.2. The number of para-hydroxylation sites is 2. The van der Waals surface area contributed by atoms with Crippen molar-refractivity contribution in [3.63, 3.8) is 0 Å². The maximum absolute atomic E-state index is 5.12. The Hall–Kier alpha value is -9.05. The number of aromatic nitrogens is 3. The van der Waals surface area contributed by atoms with Gasteiger partial charge in [0.1, 0.15) is 0 Å². The summed E-state index contributed by atoms with van der Waals surface area (Å²) in [7, 11) is 0. The number of fused-ring (bicyclic) bond motifs is 12. The summed E-state index contributed by atoms with van der Waals surface area (Å²) in [6.45, 7) is 0. The van der Waals surface area contributed by atoms with Crippen LogP contribution < -0.4 is 0 Å². The number of nitrogens with zero attached hydrogens (tertiary/aromatic N) is 3. The molecule has 0 bridgehead atoms. The second-order valence-electron chi connectivity index (χ2n) is 17.9. The summed E-state index contributed by atoms with van der Waals surface area (Å²) < 4.78 is 4.87. The third-order valence-corrected chi connectivity index (χ3v) is 14.1. The fourth-order valence-corrected chi connectivity index (χ4v) is 10.9. The van der Waals surface area contributed by atoms with Crippen molar-refractivity contribution in [2.24, 2.45) is 0 Å². The Morgan fingerprint density at radius 1 is 0.206 bits per heavy atom. The minimum atomic E-state index is 0.959. The van der Waals surface area contributed by atoms with Gasteiger partial charge >= 0.3 is 0 Å². The van der Waals surface area contributed by atoms with E-state index in [0.717, 1.165) is 45.0 Å². The lowest BCUT2D eigenvalue weighted by Crippen LogP contribution is -1.95.